The molecule has 0 aromatic heterocycles. The van der Waals surface area contributed by atoms with Crippen LogP contribution in [-0.4, -0.2) is 37.6 Å². The molecular formula is C15H21N3O4. The molecule has 2 N–H and O–H groups in total. The lowest BCUT2D eigenvalue weighted by Gasteiger charge is -2.35. The van der Waals surface area contributed by atoms with Gasteiger partial charge in [-0.25, -0.2) is 0 Å². The molecule has 0 unspecified atom stereocenters. The molecule has 1 aromatic rings. The summed E-state index contributed by atoms with van der Waals surface area (Å²) in [5.74, 6) is -0.144. The van der Waals surface area contributed by atoms with Crippen LogP contribution in [0.25, 0.3) is 0 Å². The molecule has 0 aliphatic carbocycles. The van der Waals surface area contributed by atoms with Gasteiger partial charge in [-0.15, -0.1) is 0 Å². The summed E-state index contributed by atoms with van der Waals surface area (Å²) >= 11 is 0. The van der Waals surface area contributed by atoms with Gasteiger partial charge in [-0.2, -0.15) is 0 Å². The van der Waals surface area contributed by atoms with Crippen molar-refractivity contribution >= 4 is 17.3 Å². The first-order valence-corrected chi connectivity index (χ1v) is 7.25. The summed E-state index contributed by atoms with van der Waals surface area (Å²) in [4.78, 5) is 23.2. The van der Waals surface area contributed by atoms with Crippen molar-refractivity contribution < 1.29 is 14.5 Å². The number of anilines is 1. The van der Waals surface area contributed by atoms with Gasteiger partial charge >= 0.3 is 0 Å². The number of nitrogens with one attached hydrogen (secondary N) is 2. The Morgan fingerprint density at radius 2 is 2.14 bits per heavy atom. The van der Waals surface area contributed by atoms with Crippen LogP contribution < -0.4 is 10.6 Å². The molecule has 7 heteroatoms. The summed E-state index contributed by atoms with van der Waals surface area (Å²) in [5, 5.41) is 17.0. The quantitative estimate of drug-likeness (QED) is 0.639. The van der Waals surface area contributed by atoms with E-state index in [0.717, 1.165) is 13.1 Å². The van der Waals surface area contributed by atoms with Crippen molar-refractivity contribution in [2.45, 2.75) is 19.8 Å². The monoisotopic (exact) mass is 307 g/mol. The van der Waals surface area contributed by atoms with Crippen LogP contribution in [0.1, 0.15) is 18.4 Å². The number of aryl methyl sites for hydroxylation is 1. The maximum absolute atomic E-state index is 12.7. The van der Waals surface area contributed by atoms with Crippen LogP contribution in [0.5, 0.6) is 0 Å². The Morgan fingerprint density at radius 1 is 1.45 bits per heavy atom. The lowest BCUT2D eigenvalue weighted by atomic mass is 9.78. The Labute approximate surface area is 129 Å². The normalized spacial score (nSPS) is 17.0. The fraction of sp³-hybridized carbons (Fsp3) is 0.533. The first-order valence-electron chi connectivity index (χ1n) is 7.25. The highest BCUT2D eigenvalue weighted by atomic mass is 16.6. The van der Waals surface area contributed by atoms with Crippen molar-refractivity contribution in [2.24, 2.45) is 5.41 Å². The molecule has 1 aromatic carbocycles. The zero-order chi connectivity index (χ0) is 16.2. The number of nitro benzene ring substituents is 1. The Morgan fingerprint density at radius 3 is 2.73 bits per heavy atom. The van der Waals surface area contributed by atoms with E-state index in [1.165, 1.54) is 6.07 Å². The molecule has 1 fully saturated rings. The molecule has 1 amide bonds. The van der Waals surface area contributed by atoms with Crippen molar-refractivity contribution in [1.82, 2.24) is 5.32 Å². The van der Waals surface area contributed by atoms with Crippen molar-refractivity contribution in [2.75, 3.05) is 32.1 Å². The molecule has 0 saturated carbocycles. The van der Waals surface area contributed by atoms with E-state index in [-0.39, 0.29) is 11.6 Å². The van der Waals surface area contributed by atoms with E-state index in [4.69, 9.17) is 4.74 Å². The van der Waals surface area contributed by atoms with Crippen LogP contribution in [0.4, 0.5) is 11.4 Å². The number of methoxy groups -OCH3 is 1. The summed E-state index contributed by atoms with van der Waals surface area (Å²) in [5.41, 5.74) is 0.427. The first kappa shape index (κ1) is 16.4. The number of piperidine rings is 1. The summed E-state index contributed by atoms with van der Waals surface area (Å²) in [6.07, 6.45) is 1.36. The molecule has 1 saturated heterocycles. The summed E-state index contributed by atoms with van der Waals surface area (Å²) in [6, 6.07) is 4.72. The van der Waals surface area contributed by atoms with E-state index < -0.39 is 10.3 Å². The molecule has 1 aliphatic rings. The highest BCUT2D eigenvalue weighted by Gasteiger charge is 2.39. The molecule has 2 rings (SSSR count). The molecule has 120 valence electrons. The molecule has 1 aliphatic heterocycles. The van der Waals surface area contributed by atoms with Crippen LogP contribution in [-0.2, 0) is 9.53 Å². The number of rotatable bonds is 5. The van der Waals surface area contributed by atoms with Crippen LogP contribution in [0.15, 0.2) is 18.2 Å². The fourth-order valence-electron chi connectivity index (χ4n) is 2.77. The van der Waals surface area contributed by atoms with Crippen molar-refractivity contribution in [1.29, 1.82) is 0 Å². The number of amides is 1. The number of nitro groups is 1. The van der Waals surface area contributed by atoms with Crippen LogP contribution >= 0.6 is 0 Å². The SMILES string of the molecule is COCC1(C(=O)Nc2ccc(C)c([N+](=O)[O-])c2)CCNCC1. The maximum Gasteiger partial charge on any atom is 0.274 e. The Balaban J connectivity index is 2.19. The van der Waals surface area contributed by atoms with Crippen LogP contribution in [0.2, 0.25) is 0 Å². The van der Waals surface area contributed by atoms with Gasteiger partial charge in [-0.3, -0.25) is 14.9 Å². The van der Waals surface area contributed by atoms with E-state index in [1.54, 1.807) is 26.2 Å². The fourth-order valence-corrected chi connectivity index (χ4v) is 2.77. The van der Waals surface area contributed by atoms with Gasteiger partial charge in [0, 0.05) is 24.4 Å². The third-order valence-corrected chi connectivity index (χ3v) is 4.13. The number of carbonyl (C=O) groups is 1. The number of nitrogens with zero attached hydrogens (tertiary/aromatic N) is 1. The Hall–Kier alpha value is -1.99. The summed E-state index contributed by atoms with van der Waals surface area (Å²) < 4.78 is 5.23. The van der Waals surface area contributed by atoms with E-state index in [1.807, 2.05) is 0 Å². The number of ether oxygens (including phenoxy) is 1. The minimum atomic E-state index is -0.584. The van der Waals surface area contributed by atoms with Gasteiger partial charge in [0.2, 0.25) is 5.91 Å². The van der Waals surface area contributed by atoms with Gasteiger partial charge < -0.3 is 15.4 Å². The molecular weight excluding hydrogens is 286 g/mol. The van der Waals surface area contributed by atoms with E-state index in [9.17, 15) is 14.9 Å². The Kier molecular flexibility index (Phi) is 5.10. The van der Waals surface area contributed by atoms with Gasteiger partial charge in [0.05, 0.1) is 16.9 Å². The molecule has 1 heterocycles. The first-order chi connectivity index (χ1) is 10.5. The van der Waals surface area contributed by atoms with Gasteiger partial charge in [0.1, 0.15) is 0 Å². The largest absolute Gasteiger partial charge is 0.384 e. The van der Waals surface area contributed by atoms with Gasteiger partial charge in [-0.05, 0) is 38.9 Å². The molecule has 0 radical (unpaired) electrons. The smallest absolute Gasteiger partial charge is 0.274 e. The second kappa shape index (κ2) is 6.85. The lowest BCUT2D eigenvalue weighted by Crippen LogP contribution is -2.47. The average Bonchev–Trinajstić information content (AvgIpc) is 2.50. The third kappa shape index (κ3) is 3.42. The Bertz CT molecular complexity index is 562. The number of hydrogen-bond donors (Lipinski definition) is 2. The second-order valence-corrected chi connectivity index (χ2v) is 5.68. The maximum atomic E-state index is 12.7. The van der Waals surface area contributed by atoms with Crippen LogP contribution in [0, 0.1) is 22.5 Å². The molecule has 0 bridgehead atoms. The molecule has 22 heavy (non-hydrogen) atoms. The highest BCUT2D eigenvalue weighted by molar-refractivity contribution is 5.95. The number of hydrogen-bond acceptors (Lipinski definition) is 5. The zero-order valence-electron chi connectivity index (χ0n) is 12.8. The van der Waals surface area contributed by atoms with E-state index in [0.29, 0.717) is 30.7 Å². The van der Waals surface area contributed by atoms with Crippen molar-refractivity contribution in [3.05, 3.63) is 33.9 Å². The van der Waals surface area contributed by atoms with Crippen molar-refractivity contribution in [3.8, 4) is 0 Å². The predicted octanol–water partition coefficient (Wildman–Crippen LogP) is 1.86. The van der Waals surface area contributed by atoms with Crippen LogP contribution in [0.3, 0.4) is 0 Å². The second-order valence-electron chi connectivity index (χ2n) is 5.68. The van der Waals surface area contributed by atoms with Gasteiger partial charge in [0.15, 0.2) is 0 Å². The molecule has 7 nitrogen and oxygen atoms in total. The summed E-state index contributed by atoms with van der Waals surface area (Å²) in [6.45, 7) is 3.52. The van der Waals surface area contributed by atoms with Crippen molar-refractivity contribution in [3.63, 3.8) is 0 Å². The minimum absolute atomic E-state index is 0.00361. The molecule has 0 atom stereocenters. The average molecular weight is 307 g/mol. The molecule has 0 spiro atoms. The number of carbonyl (C=O) groups excluding carboxylic acids is 1. The standard InChI is InChI=1S/C15H21N3O4/c1-11-3-4-12(9-13(11)18(20)21)17-14(19)15(10-22-2)5-7-16-8-6-15/h3-4,9,16H,5-8,10H2,1-2H3,(H,17,19). The van der Waals surface area contributed by atoms with E-state index in [2.05, 4.69) is 10.6 Å². The third-order valence-electron chi connectivity index (χ3n) is 4.13. The van der Waals surface area contributed by atoms with Gasteiger partial charge in [0.25, 0.3) is 5.69 Å². The van der Waals surface area contributed by atoms with Gasteiger partial charge in [-0.1, -0.05) is 6.07 Å². The predicted molar refractivity (Wildman–Crippen MR) is 82.9 cm³/mol. The van der Waals surface area contributed by atoms with E-state index >= 15 is 0 Å². The summed E-state index contributed by atoms with van der Waals surface area (Å²) in [7, 11) is 1.58. The topological polar surface area (TPSA) is 93.5 Å². The highest BCUT2D eigenvalue weighted by Crippen LogP contribution is 2.31. The lowest BCUT2D eigenvalue weighted by molar-refractivity contribution is -0.385. The zero-order valence-corrected chi connectivity index (χ0v) is 12.8. The minimum Gasteiger partial charge on any atom is -0.384 e. The number of benzene rings is 1.